The molecule has 0 radical (unpaired) electrons. The van der Waals surface area contributed by atoms with Crippen molar-refractivity contribution >= 4 is 17.5 Å². The second-order valence-electron chi connectivity index (χ2n) is 6.99. The molecule has 1 atom stereocenters. The zero-order valence-corrected chi connectivity index (χ0v) is 16.0. The Morgan fingerprint density at radius 1 is 1.25 bits per heavy atom. The van der Waals surface area contributed by atoms with E-state index in [4.69, 9.17) is 16.0 Å². The molecule has 0 unspecified atom stereocenters. The van der Waals surface area contributed by atoms with Crippen molar-refractivity contribution in [2.45, 2.75) is 25.2 Å². The summed E-state index contributed by atoms with van der Waals surface area (Å²) < 4.78 is 5.97. The van der Waals surface area contributed by atoms with Crippen molar-refractivity contribution in [3.8, 4) is 0 Å². The minimum absolute atomic E-state index is 0.0482. The summed E-state index contributed by atoms with van der Waals surface area (Å²) in [4.78, 5) is 33.0. The number of oxazole rings is 1. The quantitative estimate of drug-likeness (QED) is 0.729. The molecule has 4 rings (SSSR count). The molecule has 144 valence electrons. The average Bonchev–Trinajstić information content (AvgIpc) is 3.18. The fourth-order valence-electron chi connectivity index (χ4n) is 3.50. The lowest BCUT2D eigenvalue weighted by Gasteiger charge is -2.31. The van der Waals surface area contributed by atoms with Crippen molar-refractivity contribution in [2.24, 2.45) is 0 Å². The summed E-state index contributed by atoms with van der Waals surface area (Å²) in [5.41, 5.74) is 1.13. The highest BCUT2D eigenvalue weighted by molar-refractivity contribution is 6.30. The number of nitrogens with zero attached hydrogens (tertiary/aromatic N) is 2. The Hall–Kier alpha value is -2.86. The number of amides is 1. The van der Waals surface area contributed by atoms with Crippen molar-refractivity contribution in [1.82, 2.24) is 14.9 Å². The summed E-state index contributed by atoms with van der Waals surface area (Å²) in [5.74, 6) is 1.32. The molecule has 0 aliphatic carbocycles. The largest absolute Gasteiger partial charge is 0.445 e. The molecule has 0 saturated carbocycles. The van der Waals surface area contributed by atoms with Crippen LogP contribution in [0.3, 0.4) is 0 Å². The van der Waals surface area contributed by atoms with E-state index in [9.17, 15) is 9.59 Å². The number of H-pyrrole nitrogens is 1. The Bertz CT molecular complexity index is 1030. The zero-order chi connectivity index (χ0) is 19.5. The lowest BCUT2D eigenvalue weighted by molar-refractivity contribution is 0.0691. The van der Waals surface area contributed by atoms with E-state index in [-0.39, 0.29) is 17.4 Å². The highest BCUT2D eigenvalue weighted by Crippen LogP contribution is 2.28. The van der Waals surface area contributed by atoms with E-state index >= 15 is 0 Å². The highest BCUT2D eigenvalue weighted by atomic mass is 35.5. The summed E-state index contributed by atoms with van der Waals surface area (Å²) in [6, 6.07) is 12.2. The van der Waals surface area contributed by atoms with Gasteiger partial charge in [-0.25, -0.2) is 4.98 Å². The Morgan fingerprint density at radius 3 is 2.86 bits per heavy atom. The van der Waals surface area contributed by atoms with Crippen molar-refractivity contribution in [1.29, 1.82) is 0 Å². The number of carbonyl (C=O) groups is 1. The Morgan fingerprint density at radius 2 is 2.07 bits per heavy atom. The molecule has 28 heavy (non-hydrogen) atoms. The van der Waals surface area contributed by atoms with E-state index in [1.165, 1.54) is 6.07 Å². The van der Waals surface area contributed by atoms with Crippen LogP contribution in [0.15, 0.2) is 57.9 Å². The molecule has 3 heterocycles. The van der Waals surface area contributed by atoms with Crippen molar-refractivity contribution in [2.75, 3.05) is 13.1 Å². The molecule has 3 aromatic rings. The number of halogens is 1. The molecule has 7 heteroatoms. The van der Waals surface area contributed by atoms with Gasteiger partial charge in [-0.2, -0.15) is 0 Å². The molecule has 0 bridgehead atoms. The van der Waals surface area contributed by atoms with Crippen LogP contribution in [0.25, 0.3) is 0 Å². The maximum Gasteiger partial charge on any atom is 0.270 e. The first-order chi connectivity index (χ1) is 13.6. The van der Waals surface area contributed by atoms with Gasteiger partial charge in [-0.05, 0) is 36.6 Å². The molecule has 0 spiro atoms. The summed E-state index contributed by atoms with van der Waals surface area (Å²) in [6.45, 7) is 1.18. The van der Waals surface area contributed by atoms with E-state index in [1.807, 2.05) is 24.3 Å². The van der Waals surface area contributed by atoms with Gasteiger partial charge in [0.05, 0.1) is 12.1 Å². The minimum Gasteiger partial charge on any atom is -0.445 e. The standard InChI is InChI=1S/C21H20ClN3O3/c22-16-8-6-14(7-9-16)11-17-12-23-20(28-17)15-3-2-10-25(13-15)21(27)18-4-1-5-19(26)24-18/h1,4-9,12,15H,2-3,10-11,13H2,(H,24,26)/t15-/m0/s1. The van der Waals surface area contributed by atoms with E-state index in [2.05, 4.69) is 9.97 Å². The van der Waals surface area contributed by atoms with Gasteiger partial charge in [0.1, 0.15) is 11.5 Å². The van der Waals surface area contributed by atoms with Crippen LogP contribution in [-0.2, 0) is 6.42 Å². The first kappa shape index (κ1) is 18.5. The maximum absolute atomic E-state index is 12.7. The number of hydrogen-bond donors (Lipinski definition) is 1. The number of benzene rings is 1. The van der Waals surface area contributed by atoms with Gasteiger partial charge >= 0.3 is 0 Å². The van der Waals surface area contributed by atoms with Crippen molar-refractivity contribution in [3.63, 3.8) is 0 Å². The lowest BCUT2D eigenvalue weighted by Crippen LogP contribution is -2.40. The van der Waals surface area contributed by atoms with Gasteiger partial charge in [0, 0.05) is 30.6 Å². The van der Waals surface area contributed by atoms with Crippen LogP contribution in [-0.4, -0.2) is 33.9 Å². The van der Waals surface area contributed by atoms with Crippen molar-refractivity contribution < 1.29 is 9.21 Å². The summed E-state index contributed by atoms with van der Waals surface area (Å²) in [7, 11) is 0. The monoisotopic (exact) mass is 397 g/mol. The molecule has 2 aromatic heterocycles. The van der Waals surface area contributed by atoms with E-state index < -0.39 is 0 Å². The highest BCUT2D eigenvalue weighted by Gasteiger charge is 2.28. The summed E-state index contributed by atoms with van der Waals surface area (Å²) >= 11 is 5.92. The van der Waals surface area contributed by atoms with Crippen LogP contribution in [0.5, 0.6) is 0 Å². The topological polar surface area (TPSA) is 79.2 Å². The second kappa shape index (κ2) is 8.02. The number of pyridine rings is 1. The molecular formula is C21H20ClN3O3. The fourth-order valence-corrected chi connectivity index (χ4v) is 3.63. The molecule has 6 nitrogen and oxygen atoms in total. The number of likely N-dealkylation sites (tertiary alicyclic amines) is 1. The summed E-state index contributed by atoms with van der Waals surface area (Å²) in [5, 5.41) is 0.703. The van der Waals surface area contributed by atoms with Crippen LogP contribution < -0.4 is 5.56 Å². The van der Waals surface area contributed by atoms with Crippen LogP contribution >= 0.6 is 11.6 Å². The normalized spacial score (nSPS) is 16.9. The predicted octanol–water partition coefficient (Wildman–Crippen LogP) is 3.63. The number of aromatic amines is 1. The number of aromatic nitrogens is 2. The number of rotatable bonds is 4. The molecule has 1 amide bonds. The Labute approximate surface area is 167 Å². The molecule has 1 fully saturated rings. The first-order valence-corrected chi connectivity index (χ1v) is 9.64. The van der Waals surface area contributed by atoms with Crippen LogP contribution in [0, 0.1) is 0 Å². The van der Waals surface area contributed by atoms with Crippen molar-refractivity contribution in [3.05, 3.63) is 86.9 Å². The van der Waals surface area contributed by atoms with Crippen LogP contribution in [0.4, 0.5) is 0 Å². The SMILES string of the molecule is O=C(c1cccc(=O)[nH]1)N1CCC[C@H](c2ncc(Cc3ccc(Cl)cc3)o2)C1. The molecular weight excluding hydrogens is 378 g/mol. The summed E-state index contributed by atoms with van der Waals surface area (Å²) in [6.07, 6.45) is 4.17. The third-order valence-electron chi connectivity index (χ3n) is 4.92. The second-order valence-corrected chi connectivity index (χ2v) is 7.42. The first-order valence-electron chi connectivity index (χ1n) is 9.26. The van der Waals surface area contributed by atoms with E-state index in [1.54, 1.807) is 23.2 Å². The molecule has 1 aromatic carbocycles. The number of piperidine rings is 1. The Kier molecular flexibility index (Phi) is 5.30. The van der Waals surface area contributed by atoms with E-state index in [0.717, 1.165) is 24.2 Å². The number of hydrogen-bond acceptors (Lipinski definition) is 4. The van der Waals surface area contributed by atoms with Gasteiger partial charge < -0.3 is 14.3 Å². The number of nitrogens with one attached hydrogen (secondary N) is 1. The third-order valence-corrected chi connectivity index (χ3v) is 5.17. The maximum atomic E-state index is 12.7. The molecule has 1 saturated heterocycles. The van der Waals surface area contributed by atoms with Gasteiger partial charge in [0.15, 0.2) is 5.89 Å². The van der Waals surface area contributed by atoms with Gasteiger partial charge in [-0.15, -0.1) is 0 Å². The minimum atomic E-state index is -0.279. The molecule has 1 aliphatic heterocycles. The fraction of sp³-hybridized carbons (Fsp3) is 0.286. The molecule has 1 aliphatic rings. The van der Waals surface area contributed by atoms with E-state index in [0.29, 0.717) is 36.1 Å². The average molecular weight is 398 g/mol. The lowest BCUT2D eigenvalue weighted by atomic mass is 9.97. The number of carbonyl (C=O) groups excluding carboxylic acids is 1. The van der Waals surface area contributed by atoms with Gasteiger partial charge in [0.25, 0.3) is 5.91 Å². The van der Waals surface area contributed by atoms with Gasteiger partial charge in [0.2, 0.25) is 5.56 Å². The van der Waals surface area contributed by atoms with Gasteiger partial charge in [-0.1, -0.05) is 29.8 Å². The molecule has 1 N–H and O–H groups in total. The third kappa shape index (κ3) is 4.17. The van der Waals surface area contributed by atoms with Gasteiger partial charge in [-0.3, -0.25) is 9.59 Å². The van der Waals surface area contributed by atoms with Crippen LogP contribution in [0.2, 0.25) is 5.02 Å². The van der Waals surface area contributed by atoms with Crippen LogP contribution in [0.1, 0.15) is 46.5 Å². The zero-order valence-electron chi connectivity index (χ0n) is 15.2. The Balaban J connectivity index is 1.44. The predicted molar refractivity (Wildman–Crippen MR) is 106 cm³/mol. The smallest absolute Gasteiger partial charge is 0.270 e.